The molecule has 0 unspecified atom stereocenters. The zero-order valence-corrected chi connectivity index (χ0v) is 15.8. The molecule has 3 rings (SSSR count). The number of aliphatic carboxylic acids is 1. The molecular weight excluding hydrogens is 342 g/mol. The molecule has 3 N–H and O–H groups in total. The number of anilines is 1. The zero-order chi connectivity index (χ0) is 17.4. The van der Waals surface area contributed by atoms with Gasteiger partial charge in [-0.3, -0.25) is 0 Å². The average molecular weight is 366 g/mol. The highest BCUT2D eigenvalue weighted by Gasteiger charge is 2.34. The summed E-state index contributed by atoms with van der Waals surface area (Å²) in [5, 5.41) is 21.7. The molecule has 7 heteroatoms. The van der Waals surface area contributed by atoms with Crippen molar-refractivity contribution >= 4 is 39.9 Å². The molecule has 1 heterocycles. The van der Waals surface area contributed by atoms with Crippen LogP contribution in [0.25, 0.3) is 0 Å². The van der Waals surface area contributed by atoms with Gasteiger partial charge in [-0.15, -0.1) is 11.8 Å². The Morgan fingerprint density at radius 3 is 2.50 bits per heavy atom. The van der Waals surface area contributed by atoms with Crippen molar-refractivity contribution < 1.29 is 9.90 Å². The maximum Gasteiger partial charge on any atom is 0.352 e. The fourth-order valence-electron chi connectivity index (χ4n) is 2.70. The fourth-order valence-corrected chi connectivity index (χ4v) is 5.25. The van der Waals surface area contributed by atoms with E-state index < -0.39 is 5.97 Å². The molecule has 2 fully saturated rings. The Morgan fingerprint density at radius 1 is 1.38 bits per heavy atom. The van der Waals surface area contributed by atoms with Crippen molar-refractivity contribution in [1.29, 1.82) is 5.41 Å². The molecule has 5 nitrogen and oxygen atoms in total. The maximum atomic E-state index is 11.8. The second-order valence-corrected chi connectivity index (χ2v) is 9.59. The lowest BCUT2D eigenvalue weighted by Gasteiger charge is -2.11. The van der Waals surface area contributed by atoms with Crippen molar-refractivity contribution in [3.05, 3.63) is 17.0 Å². The molecule has 0 aliphatic heterocycles. The summed E-state index contributed by atoms with van der Waals surface area (Å²) in [6.45, 7) is 5.97. The molecule has 0 spiro atoms. The number of thiazole rings is 1. The number of carboxylic acids is 1. The van der Waals surface area contributed by atoms with Crippen LogP contribution >= 0.6 is 23.1 Å². The van der Waals surface area contributed by atoms with Gasteiger partial charge in [0.1, 0.15) is 5.70 Å². The molecular formula is C17H23N3O2S2. The van der Waals surface area contributed by atoms with Crippen LogP contribution in [-0.2, 0) is 4.79 Å². The van der Waals surface area contributed by atoms with E-state index in [-0.39, 0.29) is 11.6 Å². The summed E-state index contributed by atoms with van der Waals surface area (Å²) in [5.41, 5.74) is 2.20. The first-order valence-corrected chi connectivity index (χ1v) is 10.0. The highest BCUT2D eigenvalue weighted by Crippen LogP contribution is 2.48. The van der Waals surface area contributed by atoms with Gasteiger partial charge < -0.3 is 15.8 Å². The van der Waals surface area contributed by atoms with Gasteiger partial charge in [0, 0.05) is 22.5 Å². The number of carbonyl (C=O) groups is 1. The average Bonchev–Trinajstić information content (AvgIpc) is 3.37. The molecule has 0 aromatic carbocycles. The van der Waals surface area contributed by atoms with Crippen LogP contribution in [0.3, 0.4) is 0 Å². The third kappa shape index (κ3) is 4.00. The van der Waals surface area contributed by atoms with Crippen LogP contribution in [0.5, 0.6) is 0 Å². The Morgan fingerprint density at radius 2 is 2.04 bits per heavy atom. The van der Waals surface area contributed by atoms with Gasteiger partial charge >= 0.3 is 5.97 Å². The zero-order valence-electron chi connectivity index (χ0n) is 14.2. The normalized spacial score (nSPS) is 18.5. The number of thioether (sulfide) groups is 1. The third-order valence-corrected chi connectivity index (χ3v) is 6.25. The summed E-state index contributed by atoms with van der Waals surface area (Å²) >= 11 is 3.33. The Hall–Kier alpha value is -1.34. The summed E-state index contributed by atoms with van der Waals surface area (Å²) in [6.07, 6.45) is 4.26. The van der Waals surface area contributed by atoms with Crippen molar-refractivity contribution in [2.75, 3.05) is 5.32 Å². The first-order valence-electron chi connectivity index (χ1n) is 8.34. The molecule has 24 heavy (non-hydrogen) atoms. The minimum absolute atomic E-state index is 0.127. The number of hydrogen-bond donors (Lipinski definition) is 3. The number of nitrogens with one attached hydrogen (secondary N) is 2. The van der Waals surface area contributed by atoms with E-state index in [9.17, 15) is 9.90 Å². The van der Waals surface area contributed by atoms with Gasteiger partial charge in [0.05, 0.1) is 9.90 Å². The number of rotatable bonds is 8. The van der Waals surface area contributed by atoms with Crippen molar-refractivity contribution in [3.8, 4) is 0 Å². The Bertz CT molecular complexity index is 701. The highest BCUT2D eigenvalue weighted by molar-refractivity contribution is 8.01. The number of carboxylic acid groups (broad SMARTS) is 1. The van der Waals surface area contributed by atoms with Crippen LogP contribution in [0.15, 0.2) is 15.5 Å². The first kappa shape index (κ1) is 17.5. The standard InChI is InChI=1S/C17H23N3O2S2/c1-8(2)23-16-13(11-6-7-11)19-17(24-16)20-14(15(21)22)12(9(3)18)10-4-5-10/h8,10-11,18H,4-7H2,1-3H3,(H,19,20)(H,21,22)/b14-12+,18-9?. The second kappa shape index (κ2) is 6.88. The lowest BCUT2D eigenvalue weighted by atomic mass is 10.0. The van der Waals surface area contributed by atoms with Crippen molar-refractivity contribution in [3.63, 3.8) is 0 Å². The summed E-state index contributed by atoms with van der Waals surface area (Å²) in [5.74, 6) is -0.277. The molecule has 2 aliphatic carbocycles. The van der Waals surface area contributed by atoms with Crippen molar-refractivity contribution in [2.24, 2.45) is 5.92 Å². The maximum absolute atomic E-state index is 11.8. The van der Waals surface area contributed by atoms with Gasteiger partial charge in [0.2, 0.25) is 0 Å². The van der Waals surface area contributed by atoms with Gasteiger partial charge in [-0.1, -0.05) is 25.2 Å². The van der Waals surface area contributed by atoms with Gasteiger partial charge in [-0.25, -0.2) is 9.78 Å². The molecule has 130 valence electrons. The van der Waals surface area contributed by atoms with Gasteiger partial charge in [0.15, 0.2) is 5.13 Å². The Kier molecular flexibility index (Phi) is 5.01. The van der Waals surface area contributed by atoms with Crippen LogP contribution in [0, 0.1) is 11.3 Å². The van der Waals surface area contributed by atoms with Crippen molar-refractivity contribution in [1.82, 2.24) is 4.98 Å². The van der Waals surface area contributed by atoms with Crippen LogP contribution in [0.1, 0.15) is 58.1 Å². The summed E-state index contributed by atoms with van der Waals surface area (Å²) in [6, 6.07) is 0. The summed E-state index contributed by atoms with van der Waals surface area (Å²) < 4.78 is 1.19. The van der Waals surface area contributed by atoms with Gasteiger partial charge in [-0.2, -0.15) is 0 Å². The first-order chi connectivity index (χ1) is 11.4. The van der Waals surface area contributed by atoms with E-state index in [2.05, 4.69) is 24.1 Å². The van der Waals surface area contributed by atoms with E-state index in [0.29, 0.717) is 27.6 Å². The number of nitrogens with zero attached hydrogens (tertiary/aromatic N) is 1. The van der Waals surface area contributed by atoms with Crippen LogP contribution in [-0.4, -0.2) is 27.0 Å². The second-order valence-electron chi connectivity index (χ2n) is 6.75. The molecule has 0 bridgehead atoms. The Labute approximate surface area is 150 Å². The molecule has 1 aromatic heterocycles. The lowest BCUT2D eigenvalue weighted by molar-refractivity contribution is -0.132. The fraction of sp³-hybridized carbons (Fsp3) is 0.588. The largest absolute Gasteiger partial charge is 0.477 e. The van der Waals surface area contributed by atoms with Gasteiger partial charge in [-0.05, 0) is 38.5 Å². The predicted octanol–water partition coefficient (Wildman–Crippen LogP) is 4.72. The molecule has 0 amide bonds. The summed E-state index contributed by atoms with van der Waals surface area (Å²) in [4.78, 5) is 16.4. The van der Waals surface area contributed by atoms with Crippen LogP contribution < -0.4 is 5.32 Å². The minimum atomic E-state index is -1.01. The molecule has 2 saturated carbocycles. The lowest BCUT2D eigenvalue weighted by Crippen LogP contribution is -2.17. The number of hydrogen-bond acceptors (Lipinski definition) is 6. The molecule has 0 radical (unpaired) electrons. The molecule has 0 saturated heterocycles. The summed E-state index contributed by atoms with van der Waals surface area (Å²) in [7, 11) is 0. The monoisotopic (exact) mass is 365 g/mol. The molecule has 1 aromatic rings. The smallest absolute Gasteiger partial charge is 0.352 e. The number of allylic oxidation sites excluding steroid dienone is 1. The predicted molar refractivity (Wildman–Crippen MR) is 99.5 cm³/mol. The Balaban J connectivity index is 1.91. The van der Waals surface area contributed by atoms with E-state index in [1.807, 2.05) is 0 Å². The van der Waals surface area contributed by atoms with E-state index in [4.69, 9.17) is 5.41 Å². The topological polar surface area (TPSA) is 86.1 Å². The van der Waals surface area contributed by atoms with E-state index in [1.165, 1.54) is 28.4 Å². The van der Waals surface area contributed by atoms with E-state index in [1.54, 1.807) is 18.7 Å². The van der Waals surface area contributed by atoms with Crippen LogP contribution in [0.2, 0.25) is 0 Å². The van der Waals surface area contributed by atoms with E-state index >= 15 is 0 Å². The van der Waals surface area contributed by atoms with Crippen LogP contribution in [0.4, 0.5) is 5.13 Å². The SMILES string of the molecule is CC(=N)/C(=C(\Nc1nc(C2CC2)c(SC(C)C)s1)C(=O)O)C1CC1. The molecule has 2 aliphatic rings. The van der Waals surface area contributed by atoms with Gasteiger partial charge in [0.25, 0.3) is 0 Å². The highest BCUT2D eigenvalue weighted by atomic mass is 32.2. The minimum Gasteiger partial charge on any atom is -0.477 e. The van der Waals surface area contributed by atoms with Crippen molar-refractivity contribution in [2.45, 2.75) is 61.8 Å². The number of aromatic nitrogens is 1. The third-order valence-electron chi connectivity index (χ3n) is 4.03. The quantitative estimate of drug-likeness (QED) is 0.352. The van der Waals surface area contributed by atoms with E-state index in [0.717, 1.165) is 18.5 Å². The molecule has 0 atom stereocenters.